The van der Waals surface area contributed by atoms with Crippen molar-refractivity contribution in [2.75, 3.05) is 0 Å². The maximum Gasteiger partial charge on any atom is 0.307 e. The van der Waals surface area contributed by atoms with Gasteiger partial charge in [0.05, 0.1) is 6.42 Å². The van der Waals surface area contributed by atoms with Gasteiger partial charge in [-0.05, 0) is 17.0 Å². The monoisotopic (exact) mass is 202 g/mol. The number of fused-ring (bicyclic) bond motifs is 1. The van der Waals surface area contributed by atoms with Gasteiger partial charge in [0.2, 0.25) is 0 Å². The molecule has 3 nitrogen and oxygen atoms in total. The summed E-state index contributed by atoms with van der Waals surface area (Å²) in [5.41, 5.74) is 0.637. The van der Waals surface area contributed by atoms with Gasteiger partial charge < -0.3 is 10.2 Å². The lowest BCUT2D eigenvalue weighted by Gasteiger charge is -2.05. The van der Waals surface area contributed by atoms with Crippen LogP contribution >= 0.6 is 0 Å². The largest absolute Gasteiger partial charge is 0.507 e. The van der Waals surface area contributed by atoms with Crippen molar-refractivity contribution >= 4 is 16.7 Å². The summed E-state index contributed by atoms with van der Waals surface area (Å²) in [5, 5.41) is 19.9. The molecule has 2 rings (SSSR count). The highest BCUT2D eigenvalue weighted by Crippen LogP contribution is 2.27. The van der Waals surface area contributed by atoms with E-state index in [2.05, 4.69) is 0 Å². The summed E-state index contributed by atoms with van der Waals surface area (Å²) in [5.74, 6) is -0.768. The summed E-state index contributed by atoms with van der Waals surface area (Å²) < 4.78 is 0. The number of rotatable bonds is 2. The Bertz CT molecular complexity index is 512. The smallest absolute Gasteiger partial charge is 0.307 e. The molecule has 0 aliphatic heterocycles. The molecule has 0 aliphatic rings. The number of phenols is 1. The maximum atomic E-state index is 10.6. The maximum absolute atomic E-state index is 10.6. The fourth-order valence-corrected chi connectivity index (χ4v) is 1.71. The molecular formula is C12H10O3. The molecule has 2 N–H and O–H groups in total. The Morgan fingerprint density at radius 3 is 2.47 bits per heavy atom. The van der Waals surface area contributed by atoms with E-state index in [1.807, 2.05) is 12.1 Å². The van der Waals surface area contributed by atoms with Crippen LogP contribution in [0.25, 0.3) is 10.8 Å². The van der Waals surface area contributed by atoms with Gasteiger partial charge in [0.25, 0.3) is 0 Å². The Hall–Kier alpha value is -2.03. The number of aromatic hydroxyl groups is 1. The first kappa shape index (κ1) is 9.52. The normalized spacial score (nSPS) is 10.4. The Labute approximate surface area is 86.6 Å². The van der Waals surface area contributed by atoms with Crippen LogP contribution in [0.2, 0.25) is 0 Å². The van der Waals surface area contributed by atoms with Crippen LogP contribution in [0.15, 0.2) is 36.4 Å². The topological polar surface area (TPSA) is 57.5 Å². The first-order valence-electron chi connectivity index (χ1n) is 4.60. The van der Waals surface area contributed by atoms with Crippen LogP contribution in [0.1, 0.15) is 5.56 Å². The van der Waals surface area contributed by atoms with Gasteiger partial charge in [0.1, 0.15) is 5.75 Å². The molecule has 76 valence electrons. The minimum absolute atomic E-state index is 0.0745. The van der Waals surface area contributed by atoms with Gasteiger partial charge in [-0.25, -0.2) is 0 Å². The van der Waals surface area contributed by atoms with Crippen molar-refractivity contribution < 1.29 is 15.0 Å². The highest BCUT2D eigenvalue weighted by Gasteiger charge is 2.08. The quantitative estimate of drug-likeness (QED) is 0.784. The number of carboxylic acids is 1. The predicted molar refractivity (Wildman–Crippen MR) is 57.0 cm³/mol. The third-order valence-corrected chi connectivity index (χ3v) is 2.31. The van der Waals surface area contributed by atoms with Crippen LogP contribution in [-0.2, 0) is 11.2 Å². The molecule has 15 heavy (non-hydrogen) atoms. The van der Waals surface area contributed by atoms with Crippen LogP contribution in [-0.4, -0.2) is 16.2 Å². The van der Waals surface area contributed by atoms with E-state index >= 15 is 0 Å². The van der Waals surface area contributed by atoms with E-state index in [0.717, 1.165) is 5.39 Å². The molecule has 0 amide bonds. The second-order valence-corrected chi connectivity index (χ2v) is 3.36. The molecule has 0 unspecified atom stereocenters. The molecule has 2 aromatic carbocycles. The fraction of sp³-hybridized carbons (Fsp3) is 0.0833. The fourth-order valence-electron chi connectivity index (χ4n) is 1.71. The lowest BCUT2D eigenvalue weighted by Crippen LogP contribution is -2.00. The lowest BCUT2D eigenvalue weighted by molar-refractivity contribution is -0.136. The van der Waals surface area contributed by atoms with Crippen molar-refractivity contribution in [3.63, 3.8) is 0 Å². The van der Waals surface area contributed by atoms with Crippen molar-refractivity contribution in [2.45, 2.75) is 6.42 Å². The average Bonchev–Trinajstić information content (AvgIpc) is 2.17. The van der Waals surface area contributed by atoms with Gasteiger partial charge in [-0.15, -0.1) is 0 Å². The van der Waals surface area contributed by atoms with E-state index in [4.69, 9.17) is 5.11 Å². The summed E-state index contributed by atoms with van der Waals surface area (Å²) in [6.45, 7) is 0. The summed E-state index contributed by atoms with van der Waals surface area (Å²) in [7, 11) is 0. The van der Waals surface area contributed by atoms with Gasteiger partial charge in [-0.3, -0.25) is 4.79 Å². The van der Waals surface area contributed by atoms with Gasteiger partial charge >= 0.3 is 5.97 Å². The second kappa shape index (κ2) is 3.61. The van der Waals surface area contributed by atoms with Crippen molar-refractivity contribution in [3.8, 4) is 5.75 Å². The second-order valence-electron chi connectivity index (χ2n) is 3.36. The van der Waals surface area contributed by atoms with Crippen molar-refractivity contribution in [3.05, 3.63) is 42.0 Å². The average molecular weight is 202 g/mol. The molecule has 3 heteroatoms. The third kappa shape index (κ3) is 1.76. The molecule has 0 atom stereocenters. The first-order chi connectivity index (χ1) is 7.18. The first-order valence-corrected chi connectivity index (χ1v) is 4.60. The molecule has 2 aromatic rings. The Balaban J connectivity index is 2.68. The van der Waals surface area contributed by atoms with Gasteiger partial charge in [0, 0.05) is 5.39 Å². The minimum atomic E-state index is -0.897. The number of hydrogen-bond donors (Lipinski definition) is 2. The Kier molecular flexibility index (Phi) is 2.29. The van der Waals surface area contributed by atoms with Crippen LogP contribution < -0.4 is 0 Å². The van der Waals surface area contributed by atoms with Crippen LogP contribution in [0.5, 0.6) is 5.75 Å². The zero-order valence-electron chi connectivity index (χ0n) is 7.97. The van der Waals surface area contributed by atoms with Gasteiger partial charge in [-0.1, -0.05) is 30.3 Å². The molecule has 0 fully saturated rings. The molecule has 0 heterocycles. The number of carbonyl (C=O) groups is 1. The molecule has 0 bridgehead atoms. The number of carboxylic acid groups (broad SMARTS) is 1. The number of benzene rings is 2. The van der Waals surface area contributed by atoms with Crippen molar-refractivity contribution in [1.29, 1.82) is 0 Å². The van der Waals surface area contributed by atoms with Gasteiger partial charge in [-0.2, -0.15) is 0 Å². The summed E-state index contributed by atoms with van der Waals surface area (Å²) in [6.07, 6.45) is -0.0745. The molecule has 0 aliphatic carbocycles. The van der Waals surface area contributed by atoms with Crippen LogP contribution in [0, 0.1) is 0 Å². The molecule has 0 saturated heterocycles. The molecule has 0 aromatic heterocycles. The third-order valence-electron chi connectivity index (χ3n) is 2.31. The van der Waals surface area contributed by atoms with Gasteiger partial charge in [0.15, 0.2) is 0 Å². The highest BCUT2D eigenvalue weighted by atomic mass is 16.4. The van der Waals surface area contributed by atoms with E-state index < -0.39 is 5.97 Å². The van der Waals surface area contributed by atoms with E-state index in [9.17, 15) is 9.90 Å². The van der Waals surface area contributed by atoms with Crippen molar-refractivity contribution in [2.24, 2.45) is 0 Å². The van der Waals surface area contributed by atoms with E-state index in [1.54, 1.807) is 24.3 Å². The van der Waals surface area contributed by atoms with Crippen LogP contribution in [0.3, 0.4) is 0 Å². The zero-order chi connectivity index (χ0) is 10.8. The number of aliphatic carboxylic acids is 1. The summed E-state index contributed by atoms with van der Waals surface area (Å²) in [4.78, 5) is 10.6. The molecule has 0 spiro atoms. The van der Waals surface area contributed by atoms with Crippen LogP contribution in [0.4, 0.5) is 0 Å². The van der Waals surface area contributed by atoms with E-state index in [-0.39, 0.29) is 12.2 Å². The number of phenolic OH excluding ortho intramolecular Hbond substituents is 1. The molecule has 0 radical (unpaired) electrons. The Morgan fingerprint density at radius 2 is 1.80 bits per heavy atom. The van der Waals surface area contributed by atoms with E-state index in [0.29, 0.717) is 10.9 Å². The predicted octanol–water partition coefficient (Wildman–Crippen LogP) is 2.17. The highest BCUT2D eigenvalue weighted by molar-refractivity contribution is 5.93. The minimum Gasteiger partial charge on any atom is -0.507 e. The Morgan fingerprint density at radius 1 is 1.13 bits per heavy atom. The SMILES string of the molecule is O=C(O)Cc1cccc2cccc(O)c12. The molecule has 0 saturated carbocycles. The standard InChI is InChI=1S/C12H10O3/c13-10-6-2-4-8-3-1-5-9(12(8)10)7-11(14)15/h1-6,13H,7H2,(H,14,15). The number of hydrogen-bond acceptors (Lipinski definition) is 2. The summed E-state index contributed by atoms with van der Waals surface area (Å²) >= 11 is 0. The summed E-state index contributed by atoms with van der Waals surface area (Å²) in [6, 6.07) is 10.5. The molecular weight excluding hydrogens is 192 g/mol. The van der Waals surface area contributed by atoms with E-state index in [1.165, 1.54) is 0 Å². The lowest BCUT2D eigenvalue weighted by atomic mass is 10.0. The zero-order valence-corrected chi connectivity index (χ0v) is 7.97. The van der Waals surface area contributed by atoms with Crippen molar-refractivity contribution in [1.82, 2.24) is 0 Å².